The molecule has 2 heterocycles. The Morgan fingerprint density at radius 3 is 2.57 bits per heavy atom. The molecule has 0 aliphatic carbocycles. The molecular weight excluding hydrogens is 378 g/mol. The van der Waals surface area contributed by atoms with Crippen molar-refractivity contribution in [3.05, 3.63) is 65.2 Å². The summed E-state index contributed by atoms with van der Waals surface area (Å²) in [5.74, 6) is 0.423. The summed E-state index contributed by atoms with van der Waals surface area (Å²) in [6, 6.07) is 15.2. The maximum Gasteiger partial charge on any atom is 0.251 e. The van der Waals surface area contributed by atoms with E-state index in [0.717, 1.165) is 49.2 Å². The molecule has 2 aromatic rings. The minimum Gasteiger partial charge on any atom is -0.487 e. The molecule has 2 aliphatic rings. The number of nitrogens with zero attached hydrogens (tertiary/aromatic N) is 1. The molecule has 158 valence electrons. The molecule has 0 radical (unpaired) electrons. The predicted molar refractivity (Wildman–Crippen MR) is 116 cm³/mol. The zero-order valence-electron chi connectivity index (χ0n) is 17.6. The van der Waals surface area contributed by atoms with Gasteiger partial charge in [-0.3, -0.25) is 9.59 Å². The van der Waals surface area contributed by atoms with E-state index >= 15 is 0 Å². The van der Waals surface area contributed by atoms with Gasteiger partial charge in [-0.05, 0) is 44.5 Å². The Balaban J connectivity index is 1.43. The zero-order chi connectivity index (χ0) is 21.1. The third-order valence-electron chi connectivity index (χ3n) is 6.23. The van der Waals surface area contributed by atoms with Crippen LogP contribution in [-0.2, 0) is 4.79 Å². The molecule has 6 nitrogen and oxygen atoms in total. The number of carbonyl (C=O) groups excluding carboxylic acids is 2. The first kappa shape index (κ1) is 20.4. The van der Waals surface area contributed by atoms with E-state index in [9.17, 15) is 9.59 Å². The van der Waals surface area contributed by atoms with Crippen LogP contribution in [0.15, 0.2) is 48.5 Å². The molecule has 30 heavy (non-hydrogen) atoms. The number of amides is 2. The highest BCUT2D eigenvalue weighted by Gasteiger charge is 2.43. The van der Waals surface area contributed by atoms with E-state index in [4.69, 9.17) is 4.74 Å². The molecule has 2 aliphatic heterocycles. The molecule has 2 amide bonds. The first-order chi connectivity index (χ1) is 14.5. The summed E-state index contributed by atoms with van der Waals surface area (Å²) in [6.45, 7) is 3.79. The van der Waals surface area contributed by atoms with Gasteiger partial charge in [-0.15, -0.1) is 0 Å². The van der Waals surface area contributed by atoms with Crippen molar-refractivity contribution in [2.24, 2.45) is 0 Å². The molecule has 0 bridgehead atoms. The van der Waals surface area contributed by atoms with Crippen molar-refractivity contribution < 1.29 is 14.3 Å². The molecule has 1 saturated heterocycles. The average Bonchev–Trinajstić information content (AvgIpc) is 2.75. The highest BCUT2D eigenvalue weighted by Crippen LogP contribution is 2.44. The minimum absolute atomic E-state index is 0.0531. The van der Waals surface area contributed by atoms with Crippen LogP contribution in [0.2, 0.25) is 0 Å². The number of carbonyl (C=O) groups is 2. The molecule has 2 N–H and O–H groups in total. The number of nitrogens with one attached hydrogen (secondary N) is 2. The Kier molecular flexibility index (Phi) is 5.77. The summed E-state index contributed by atoms with van der Waals surface area (Å²) in [5, 5.41) is 5.87. The number of para-hydroxylation sites is 1. The topological polar surface area (TPSA) is 70.7 Å². The molecule has 2 aromatic carbocycles. The van der Waals surface area contributed by atoms with Gasteiger partial charge < -0.3 is 20.3 Å². The number of rotatable bonds is 4. The maximum absolute atomic E-state index is 12.7. The zero-order valence-corrected chi connectivity index (χ0v) is 17.6. The van der Waals surface area contributed by atoms with Crippen molar-refractivity contribution in [2.45, 2.75) is 37.8 Å². The third kappa shape index (κ3) is 4.33. The van der Waals surface area contributed by atoms with Gasteiger partial charge in [-0.1, -0.05) is 36.4 Å². The summed E-state index contributed by atoms with van der Waals surface area (Å²) >= 11 is 0. The van der Waals surface area contributed by atoms with Crippen molar-refractivity contribution >= 4 is 11.8 Å². The summed E-state index contributed by atoms with van der Waals surface area (Å²) in [6.07, 6.45) is 2.62. The van der Waals surface area contributed by atoms with Crippen LogP contribution in [-0.4, -0.2) is 49.0 Å². The van der Waals surface area contributed by atoms with Crippen molar-refractivity contribution in [2.75, 3.05) is 26.7 Å². The maximum atomic E-state index is 12.7. The largest absolute Gasteiger partial charge is 0.487 e. The van der Waals surface area contributed by atoms with Gasteiger partial charge in [-0.25, -0.2) is 0 Å². The SMILES string of the molecule is Cc1ccccc1C(=O)NCC(=O)NC1CC2(CCN(C)CC2)Oc2ccccc21. The molecule has 4 rings (SSSR count). The van der Waals surface area contributed by atoms with Crippen LogP contribution < -0.4 is 15.4 Å². The normalized spacial score (nSPS) is 20.1. The third-order valence-corrected chi connectivity index (χ3v) is 6.23. The fraction of sp³-hybridized carbons (Fsp3) is 0.417. The number of aryl methyl sites for hydroxylation is 1. The van der Waals surface area contributed by atoms with Crippen LogP contribution >= 0.6 is 0 Å². The molecule has 1 atom stereocenters. The monoisotopic (exact) mass is 407 g/mol. The van der Waals surface area contributed by atoms with Gasteiger partial charge >= 0.3 is 0 Å². The van der Waals surface area contributed by atoms with Gasteiger partial charge in [0.2, 0.25) is 5.91 Å². The molecule has 1 fully saturated rings. The Morgan fingerprint density at radius 1 is 1.10 bits per heavy atom. The van der Waals surface area contributed by atoms with Crippen LogP contribution in [0, 0.1) is 6.92 Å². The van der Waals surface area contributed by atoms with Gasteiger partial charge in [-0.2, -0.15) is 0 Å². The van der Waals surface area contributed by atoms with Crippen molar-refractivity contribution in [1.82, 2.24) is 15.5 Å². The lowest BCUT2D eigenvalue weighted by molar-refractivity contribution is -0.121. The molecule has 0 saturated carbocycles. The number of likely N-dealkylation sites (tertiary alicyclic amines) is 1. The summed E-state index contributed by atoms with van der Waals surface area (Å²) < 4.78 is 6.44. The lowest BCUT2D eigenvalue weighted by Gasteiger charge is -2.46. The fourth-order valence-electron chi connectivity index (χ4n) is 4.41. The highest BCUT2D eigenvalue weighted by atomic mass is 16.5. The number of hydrogen-bond donors (Lipinski definition) is 2. The second-order valence-corrected chi connectivity index (χ2v) is 8.45. The number of benzene rings is 2. The van der Waals surface area contributed by atoms with E-state index in [1.807, 2.05) is 49.4 Å². The summed E-state index contributed by atoms with van der Waals surface area (Å²) in [7, 11) is 2.13. The average molecular weight is 408 g/mol. The smallest absolute Gasteiger partial charge is 0.251 e. The fourth-order valence-corrected chi connectivity index (χ4v) is 4.41. The quantitative estimate of drug-likeness (QED) is 0.818. The number of hydrogen-bond acceptors (Lipinski definition) is 4. The standard InChI is InChI=1S/C24H29N3O3/c1-17-7-3-4-8-18(17)23(29)25-16-22(28)26-20-15-24(11-13-27(2)14-12-24)30-21-10-6-5-9-19(20)21/h3-10,20H,11-16H2,1-2H3,(H,25,29)(H,26,28). The van der Waals surface area contributed by atoms with E-state index in [1.54, 1.807) is 6.07 Å². The van der Waals surface area contributed by atoms with Crippen LogP contribution in [0.3, 0.4) is 0 Å². The second kappa shape index (κ2) is 8.48. The number of ether oxygens (including phenoxy) is 1. The molecule has 1 unspecified atom stereocenters. The first-order valence-electron chi connectivity index (χ1n) is 10.6. The minimum atomic E-state index is -0.247. The Labute approximate surface area is 177 Å². The summed E-state index contributed by atoms with van der Waals surface area (Å²) in [5.41, 5.74) is 2.23. The van der Waals surface area contributed by atoms with E-state index in [2.05, 4.69) is 22.6 Å². The van der Waals surface area contributed by atoms with Gasteiger partial charge in [0, 0.05) is 30.6 Å². The van der Waals surface area contributed by atoms with E-state index < -0.39 is 0 Å². The van der Waals surface area contributed by atoms with Gasteiger partial charge in [0.15, 0.2) is 0 Å². The number of fused-ring (bicyclic) bond motifs is 1. The van der Waals surface area contributed by atoms with Crippen LogP contribution in [0.25, 0.3) is 0 Å². The van der Waals surface area contributed by atoms with Crippen LogP contribution in [0.4, 0.5) is 0 Å². The lowest BCUT2D eigenvalue weighted by atomic mass is 9.80. The van der Waals surface area contributed by atoms with Crippen molar-refractivity contribution in [3.8, 4) is 5.75 Å². The van der Waals surface area contributed by atoms with E-state index in [0.29, 0.717) is 5.56 Å². The summed E-state index contributed by atoms with van der Waals surface area (Å²) in [4.78, 5) is 27.4. The molecular formula is C24H29N3O3. The van der Waals surface area contributed by atoms with Crippen molar-refractivity contribution in [3.63, 3.8) is 0 Å². The van der Waals surface area contributed by atoms with Crippen LogP contribution in [0.5, 0.6) is 5.75 Å². The second-order valence-electron chi connectivity index (χ2n) is 8.45. The van der Waals surface area contributed by atoms with Gasteiger partial charge in [0.25, 0.3) is 5.91 Å². The Bertz CT molecular complexity index is 935. The first-order valence-corrected chi connectivity index (χ1v) is 10.6. The molecule has 1 spiro atoms. The van der Waals surface area contributed by atoms with Crippen LogP contribution in [0.1, 0.15) is 46.8 Å². The highest BCUT2D eigenvalue weighted by molar-refractivity contribution is 5.97. The van der Waals surface area contributed by atoms with E-state index in [1.165, 1.54) is 0 Å². The lowest BCUT2D eigenvalue weighted by Crippen LogP contribution is -2.52. The predicted octanol–water partition coefficient (Wildman–Crippen LogP) is 2.83. The van der Waals surface area contributed by atoms with Crippen molar-refractivity contribution in [1.29, 1.82) is 0 Å². The van der Waals surface area contributed by atoms with Gasteiger partial charge in [0.1, 0.15) is 11.4 Å². The van der Waals surface area contributed by atoms with Gasteiger partial charge in [0.05, 0.1) is 12.6 Å². The Morgan fingerprint density at radius 2 is 1.80 bits per heavy atom. The molecule has 0 aromatic heterocycles. The number of piperidine rings is 1. The molecule has 6 heteroatoms. The Hall–Kier alpha value is -2.86. The van der Waals surface area contributed by atoms with E-state index in [-0.39, 0.29) is 30.0 Å².